The zero-order chi connectivity index (χ0) is 15.4. The number of allylic oxidation sites excluding steroid dienone is 2. The highest BCUT2D eigenvalue weighted by molar-refractivity contribution is 5.74. The lowest BCUT2D eigenvalue weighted by atomic mass is 9.68. The van der Waals surface area contributed by atoms with E-state index in [-0.39, 0.29) is 0 Å². The van der Waals surface area contributed by atoms with E-state index in [0.717, 1.165) is 41.0 Å². The third kappa shape index (κ3) is 3.41. The monoisotopic (exact) mass is 297 g/mol. The molecule has 0 aliphatic heterocycles. The minimum Gasteiger partial charge on any atom is -0.342 e. The zero-order valence-electron chi connectivity index (χ0n) is 13.5. The number of aromatic nitrogens is 2. The number of imidazole rings is 1. The second-order valence-electron chi connectivity index (χ2n) is 6.53. The van der Waals surface area contributed by atoms with Gasteiger partial charge >= 0.3 is 0 Å². The Bertz CT molecular complexity index is 595. The van der Waals surface area contributed by atoms with Crippen molar-refractivity contribution in [3.63, 3.8) is 0 Å². The fourth-order valence-corrected chi connectivity index (χ4v) is 3.78. The molecule has 1 fully saturated rings. The largest absolute Gasteiger partial charge is 0.342 e. The molecule has 0 amide bonds. The van der Waals surface area contributed by atoms with Crippen LogP contribution in [-0.4, -0.2) is 16.5 Å². The lowest BCUT2D eigenvalue weighted by Gasteiger charge is -2.37. The summed E-state index contributed by atoms with van der Waals surface area (Å²) in [6.07, 6.45) is 11.5. The van der Waals surface area contributed by atoms with Crippen molar-refractivity contribution in [2.75, 3.05) is 6.54 Å². The van der Waals surface area contributed by atoms with Gasteiger partial charge in [-0.25, -0.2) is 4.98 Å². The Kier molecular flexibility index (Phi) is 4.94. The van der Waals surface area contributed by atoms with Crippen LogP contribution < -0.4 is 5.73 Å². The van der Waals surface area contributed by atoms with Gasteiger partial charge in [0.2, 0.25) is 0 Å². The number of hydrogen-bond acceptors (Lipinski definition) is 2. The fourth-order valence-electron chi connectivity index (χ4n) is 3.78. The Hall–Kier alpha value is -1.61. The third-order valence-corrected chi connectivity index (χ3v) is 5.06. The van der Waals surface area contributed by atoms with Gasteiger partial charge < -0.3 is 10.7 Å². The lowest BCUT2D eigenvalue weighted by Crippen LogP contribution is -2.26. The number of fused-ring (bicyclic) bond motifs is 3. The molecule has 3 atom stereocenters. The third-order valence-electron chi connectivity index (χ3n) is 5.06. The number of rotatable bonds is 3. The molecule has 5 rings (SSSR count). The van der Waals surface area contributed by atoms with Crippen molar-refractivity contribution >= 4 is 11.0 Å². The quantitative estimate of drug-likeness (QED) is 0.839. The number of nitrogens with two attached hydrogens (primary N) is 1. The summed E-state index contributed by atoms with van der Waals surface area (Å²) in [4.78, 5) is 7.57. The Morgan fingerprint density at radius 3 is 2.64 bits per heavy atom. The van der Waals surface area contributed by atoms with Crippen LogP contribution in [0.25, 0.3) is 11.0 Å². The average Bonchev–Trinajstić information content (AvgIpc) is 2.99. The number of hydrogen-bond donors (Lipinski definition) is 2. The molecular formula is C19H27N3. The van der Waals surface area contributed by atoms with E-state index < -0.39 is 0 Å². The van der Waals surface area contributed by atoms with Crippen molar-refractivity contribution in [3.8, 4) is 0 Å². The van der Waals surface area contributed by atoms with Crippen LogP contribution in [0.5, 0.6) is 0 Å². The van der Waals surface area contributed by atoms with Crippen molar-refractivity contribution in [1.82, 2.24) is 9.97 Å². The molecule has 3 aliphatic carbocycles. The van der Waals surface area contributed by atoms with E-state index in [1.54, 1.807) is 0 Å². The molecule has 0 radical (unpaired) electrons. The number of benzene rings is 1. The molecule has 1 aromatic heterocycles. The maximum atomic E-state index is 5.42. The van der Waals surface area contributed by atoms with Crippen molar-refractivity contribution in [2.24, 2.45) is 23.5 Å². The van der Waals surface area contributed by atoms with E-state index >= 15 is 0 Å². The van der Waals surface area contributed by atoms with Gasteiger partial charge in [0.1, 0.15) is 5.82 Å². The molecule has 3 N–H and O–H groups in total. The van der Waals surface area contributed by atoms with Crippen LogP contribution in [0.4, 0.5) is 0 Å². The predicted octanol–water partition coefficient (Wildman–Crippen LogP) is 4.06. The van der Waals surface area contributed by atoms with Crippen LogP contribution in [0, 0.1) is 17.8 Å². The van der Waals surface area contributed by atoms with Gasteiger partial charge in [-0.05, 0) is 55.7 Å². The molecule has 0 spiro atoms. The summed E-state index contributed by atoms with van der Waals surface area (Å²) in [5.41, 5.74) is 7.52. The highest BCUT2D eigenvalue weighted by atomic mass is 14.9. The molecule has 2 aromatic rings. The Morgan fingerprint density at radius 1 is 1.23 bits per heavy atom. The first-order chi connectivity index (χ1) is 10.8. The Balaban J connectivity index is 0.000000133. The van der Waals surface area contributed by atoms with Crippen LogP contribution >= 0.6 is 0 Å². The van der Waals surface area contributed by atoms with Crippen molar-refractivity contribution < 1.29 is 0 Å². The maximum absolute atomic E-state index is 5.42. The van der Waals surface area contributed by atoms with E-state index in [1.165, 1.54) is 25.7 Å². The Labute approximate surface area is 133 Å². The summed E-state index contributed by atoms with van der Waals surface area (Å²) in [5.74, 6) is 3.91. The van der Waals surface area contributed by atoms with Gasteiger partial charge in [0, 0.05) is 6.42 Å². The SMILES string of the molecule is CCC1CC2C=CC1CC2.NCCc1nc2ccccc2[nH]1. The molecular weight excluding hydrogens is 270 g/mol. The highest BCUT2D eigenvalue weighted by Gasteiger charge is 2.30. The minimum atomic E-state index is 0.639. The lowest BCUT2D eigenvalue weighted by molar-refractivity contribution is 0.215. The summed E-state index contributed by atoms with van der Waals surface area (Å²) in [6, 6.07) is 7.98. The molecule has 1 aromatic carbocycles. The predicted molar refractivity (Wildman–Crippen MR) is 92.6 cm³/mol. The maximum Gasteiger partial charge on any atom is 0.108 e. The smallest absolute Gasteiger partial charge is 0.108 e. The van der Waals surface area contributed by atoms with Crippen LogP contribution in [0.15, 0.2) is 36.4 Å². The number of aromatic amines is 1. The summed E-state index contributed by atoms with van der Waals surface area (Å²) >= 11 is 0. The molecule has 3 nitrogen and oxygen atoms in total. The number of H-pyrrole nitrogens is 1. The number of nitrogens with zero attached hydrogens (tertiary/aromatic N) is 1. The average molecular weight is 297 g/mol. The highest BCUT2D eigenvalue weighted by Crippen LogP contribution is 2.41. The van der Waals surface area contributed by atoms with Gasteiger partial charge in [-0.15, -0.1) is 0 Å². The summed E-state index contributed by atoms with van der Waals surface area (Å²) < 4.78 is 0. The second kappa shape index (κ2) is 7.10. The van der Waals surface area contributed by atoms with E-state index in [9.17, 15) is 0 Å². The first kappa shape index (κ1) is 15.3. The molecule has 118 valence electrons. The minimum absolute atomic E-state index is 0.639. The molecule has 0 saturated heterocycles. The van der Waals surface area contributed by atoms with Gasteiger partial charge in [0.05, 0.1) is 11.0 Å². The van der Waals surface area contributed by atoms with Gasteiger partial charge in [-0.2, -0.15) is 0 Å². The zero-order valence-corrected chi connectivity index (χ0v) is 13.5. The first-order valence-electron chi connectivity index (χ1n) is 8.62. The van der Waals surface area contributed by atoms with Crippen LogP contribution in [0.2, 0.25) is 0 Å². The molecule has 1 heterocycles. The summed E-state index contributed by atoms with van der Waals surface area (Å²) in [7, 11) is 0. The van der Waals surface area contributed by atoms with Gasteiger partial charge in [0.15, 0.2) is 0 Å². The van der Waals surface area contributed by atoms with Gasteiger partial charge in [-0.3, -0.25) is 0 Å². The first-order valence-corrected chi connectivity index (χ1v) is 8.62. The molecule has 1 saturated carbocycles. The van der Waals surface area contributed by atoms with Gasteiger partial charge in [0.25, 0.3) is 0 Å². The summed E-state index contributed by atoms with van der Waals surface area (Å²) in [5, 5.41) is 0. The van der Waals surface area contributed by atoms with Crippen LogP contribution in [-0.2, 0) is 6.42 Å². The number of nitrogens with one attached hydrogen (secondary N) is 1. The van der Waals surface area contributed by atoms with Crippen LogP contribution in [0.3, 0.4) is 0 Å². The standard InChI is InChI=1S/C10H16.C9H11N3/c1-2-9-7-8-3-5-10(9)6-4-8;10-6-5-9-11-7-3-1-2-4-8(7)12-9/h3,5,8-10H,2,4,6-7H2,1H3;1-4H,5-6,10H2,(H,11,12). The molecule has 3 heteroatoms. The van der Waals surface area contributed by atoms with Crippen molar-refractivity contribution in [3.05, 3.63) is 42.2 Å². The van der Waals surface area contributed by atoms with Crippen LogP contribution in [0.1, 0.15) is 38.4 Å². The fraction of sp³-hybridized carbons (Fsp3) is 0.526. The Morgan fingerprint density at radius 2 is 2.09 bits per heavy atom. The normalized spacial score (nSPS) is 26.0. The van der Waals surface area contributed by atoms with E-state index in [4.69, 9.17) is 5.73 Å². The summed E-state index contributed by atoms with van der Waals surface area (Å²) in [6.45, 7) is 2.97. The van der Waals surface area contributed by atoms with E-state index in [2.05, 4.69) is 29.0 Å². The topological polar surface area (TPSA) is 54.7 Å². The number of para-hydroxylation sites is 2. The second-order valence-corrected chi connectivity index (χ2v) is 6.53. The molecule has 2 bridgehead atoms. The van der Waals surface area contributed by atoms with Crippen molar-refractivity contribution in [1.29, 1.82) is 0 Å². The molecule has 22 heavy (non-hydrogen) atoms. The van der Waals surface area contributed by atoms with Gasteiger partial charge in [-0.1, -0.05) is 37.6 Å². The van der Waals surface area contributed by atoms with Crippen molar-refractivity contribution in [2.45, 2.75) is 39.0 Å². The van der Waals surface area contributed by atoms with E-state index in [0.29, 0.717) is 6.54 Å². The molecule has 3 aliphatic rings. The molecule has 3 unspecified atom stereocenters. The van der Waals surface area contributed by atoms with E-state index in [1.807, 2.05) is 24.3 Å².